The minimum atomic E-state index is -0.493. The lowest BCUT2D eigenvalue weighted by molar-refractivity contribution is -0.384. The standard InChI is InChI=1S/C31H33BrN2O6/c1-30(2)12-21-27(23(35)14-30)26(28-22(33-21)13-31(3,4)15-24(28)36)18-10-20(32)29(25(11-18)39-5)40-16-17-6-8-19(9-7-17)34(37)38/h6-11,26,33H,12-16H2,1-5H3. The average Bonchev–Trinajstić information content (AvgIpc) is 2.85. The van der Waals surface area contributed by atoms with Crippen LogP contribution in [0.2, 0.25) is 0 Å². The number of rotatable bonds is 6. The highest BCUT2D eigenvalue weighted by atomic mass is 79.9. The molecule has 2 aliphatic carbocycles. The van der Waals surface area contributed by atoms with E-state index >= 15 is 0 Å². The molecule has 1 aliphatic heterocycles. The number of methoxy groups -OCH3 is 1. The SMILES string of the molecule is COc1cc(C2C3=C(CC(C)(C)CC3=O)NC3=C2C(=O)CC(C)(C)C3)cc(Br)c1OCc1ccc([N+](=O)[O-])cc1. The maximum absolute atomic E-state index is 13.6. The van der Waals surface area contributed by atoms with E-state index in [9.17, 15) is 19.7 Å². The molecule has 8 nitrogen and oxygen atoms in total. The van der Waals surface area contributed by atoms with Gasteiger partial charge in [-0.25, -0.2) is 0 Å². The molecule has 2 aromatic carbocycles. The Bertz CT molecular complexity index is 1430. The van der Waals surface area contributed by atoms with Crippen molar-refractivity contribution in [2.75, 3.05) is 7.11 Å². The van der Waals surface area contributed by atoms with E-state index in [0.717, 1.165) is 35.4 Å². The molecule has 0 unspecified atom stereocenters. The molecule has 40 heavy (non-hydrogen) atoms. The van der Waals surface area contributed by atoms with Gasteiger partial charge in [-0.3, -0.25) is 19.7 Å². The number of nitro groups is 1. The fourth-order valence-electron chi connectivity index (χ4n) is 6.14. The van der Waals surface area contributed by atoms with Crippen LogP contribution >= 0.6 is 15.9 Å². The number of hydrogen-bond acceptors (Lipinski definition) is 7. The molecular formula is C31H33BrN2O6. The first-order chi connectivity index (χ1) is 18.8. The van der Waals surface area contributed by atoms with Gasteiger partial charge in [-0.2, -0.15) is 0 Å². The van der Waals surface area contributed by atoms with Crippen LogP contribution in [0, 0.1) is 20.9 Å². The molecule has 0 saturated heterocycles. The van der Waals surface area contributed by atoms with Crippen molar-refractivity contribution < 1.29 is 24.0 Å². The van der Waals surface area contributed by atoms with E-state index in [1.807, 2.05) is 12.1 Å². The fourth-order valence-corrected chi connectivity index (χ4v) is 6.71. The van der Waals surface area contributed by atoms with Gasteiger partial charge in [0.2, 0.25) is 0 Å². The van der Waals surface area contributed by atoms with Gasteiger partial charge in [0.1, 0.15) is 6.61 Å². The van der Waals surface area contributed by atoms with Crippen molar-refractivity contribution in [2.45, 2.75) is 65.9 Å². The Balaban J connectivity index is 1.55. The number of ether oxygens (including phenoxy) is 2. The summed E-state index contributed by atoms with van der Waals surface area (Å²) in [5.74, 6) is 0.547. The number of non-ortho nitro benzene ring substituents is 1. The number of carbonyl (C=O) groups is 2. The summed E-state index contributed by atoms with van der Waals surface area (Å²) in [4.78, 5) is 37.8. The molecule has 0 fully saturated rings. The number of dihydropyridines is 1. The lowest BCUT2D eigenvalue weighted by Crippen LogP contribution is -2.42. The summed E-state index contributed by atoms with van der Waals surface area (Å²) in [6, 6.07) is 9.92. The number of benzene rings is 2. The Hall–Kier alpha value is -3.46. The van der Waals surface area contributed by atoms with Crippen LogP contribution < -0.4 is 14.8 Å². The van der Waals surface area contributed by atoms with Crippen molar-refractivity contribution >= 4 is 33.2 Å². The normalized spacial score (nSPS) is 20.1. The van der Waals surface area contributed by atoms with Crippen molar-refractivity contribution in [3.63, 3.8) is 0 Å². The van der Waals surface area contributed by atoms with Crippen LogP contribution in [0.4, 0.5) is 5.69 Å². The van der Waals surface area contributed by atoms with Crippen molar-refractivity contribution in [3.8, 4) is 11.5 Å². The van der Waals surface area contributed by atoms with Crippen molar-refractivity contribution in [2.24, 2.45) is 10.8 Å². The maximum atomic E-state index is 13.6. The highest BCUT2D eigenvalue weighted by Gasteiger charge is 2.46. The van der Waals surface area contributed by atoms with Crippen LogP contribution in [0.15, 0.2) is 63.4 Å². The second kappa shape index (κ2) is 10.2. The Morgan fingerprint density at radius 2 is 1.50 bits per heavy atom. The highest BCUT2D eigenvalue weighted by molar-refractivity contribution is 9.10. The minimum Gasteiger partial charge on any atom is -0.493 e. The van der Waals surface area contributed by atoms with Gasteiger partial charge < -0.3 is 14.8 Å². The number of nitrogens with one attached hydrogen (secondary N) is 1. The zero-order chi connectivity index (χ0) is 29.0. The van der Waals surface area contributed by atoms with Crippen LogP contribution in [0.25, 0.3) is 0 Å². The lowest BCUT2D eigenvalue weighted by Gasteiger charge is -2.44. The molecule has 0 bridgehead atoms. The average molecular weight is 610 g/mol. The first-order valence-corrected chi connectivity index (χ1v) is 14.1. The molecule has 1 N–H and O–H groups in total. The van der Waals surface area contributed by atoms with E-state index in [-0.39, 0.29) is 34.7 Å². The number of ketones is 2. The molecule has 0 aromatic heterocycles. The molecule has 0 spiro atoms. The summed E-state index contributed by atoms with van der Waals surface area (Å²) >= 11 is 3.64. The summed E-state index contributed by atoms with van der Waals surface area (Å²) in [6.45, 7) is 8.57. The second-order valence-electron chi connectivity index (χ2n) is 12.5. The van der Waals surface area contributed by atoms with E-state index in [4.69, 9.17) is 9.47 Å². The van der Waals surface area contributed by atoms with E-state index < -0.39 is 10.8 Å². The van der Waals surface area contributed by atoms with Gasteiger partial charge in [0.05, 0.1) is 16.5 Å². The van der Waals surface area contributed by atoms with E-state index in [2.05, 4.69) is 48.9 Å². The Morgan fingerprint density at radius 1 is 0.950 bits per heavy atom. The topological polar surface area (TPSA) is 108 Å². The van der Waals surface area contributed by atoms with Gasteiger partial charge in [-0.05, 0) is 75.0 Å². The summed E-state index contributed by atoms with van der Waals surface area (Å²) in [7, 11) is 1.55. The van der Waals surface area contributed by atoms with Gasteiger partial charge in [0, 0.05) is 53.4 Å². The predicted molar refractivity (Wildman–Crippen MR) is 154 cm³/mol. The predicted octanol–water partition coefficient (Wildman–Crippen LogP) is 6.92. The largest absolute Gasteiger partial charge is 0.493 e. The third kappa shape index (κ3) is 5.31. The molecule has 210 valence electrons. The van der Waals surface area contributed by atoms with Gasteiger partial charge >= 0.3 is 0 Å². The first-order valence-electron chi connectivity index (χ1n) is 13.3. The monoisotopic (exact) mass is 608 g/mol. The van der Waals surface area contributed by atoms with E-state index in [1.54, 1.807) is 19.2 Å². The van der Waals surface area contributed by atoms with Gasteiger partial charge in [-0.1, -0.05) is 27.7 Å². The molecule has 3 aliphatic rings. The smallest absolute Gasteiger partial charge is 0.269 e. The number of allylic oxidation sites excluding steroid dienone is 4. The second-order valence-corrected chi connectivity index (χ2v) is 13.3. The first kappa shape index (κ1) is 28.1. The number of Topliss-reactive ketones (excluding diaryl/α,β-unsaturated/α-hetero) is 2. The molecule has 1 heterocycles. The molecule has 2 aromatic rings. The minimum absolute atomic E-state index is 0.0116. The highest BCUT2D eigenvalue weighted by Crippen LogP contribution is 2.52. The number of hydrogen-bond donors (Lipinski definition) is 1. The zero-order valence-corrected chi connectivity index (χ0v) is 24.9. The number of nitrogens with zero attached hydrogens (tertiary/aromatic N) is 1. The Labute approximate surface area is 242 Å². The van der Waals surface area contributed by atoms with Crippen LogP contribution in [0.5, 0.6) is 11.5 Å². The quantitative estimate of drug-likeness (QED) is 0.280. The molecule has 0 saturated carbocycles. The molecular weight excluding hydrogens is 576 g/mol. The molecule has 0 atom stereocenters. The fraction of sp³-hybridized carbons (Fsp3) is 0.419. The summed E-state index contributed by atoms with van der Waals surface area (Å²) < 4.78 is 12.4. The molecule has 0 radical (unpaired) electrons. The van der Waals surface area contributed by atoms with Crippen LogP contribution in [-0.2, 0) is 16.2 Å². The third-order valence-electron chi connectivity index (χ3n) is 7.83. The summed E-state index contributed by atoms with van der Waals surface area (Å²) in [6.07, 6.45) is 2.29. The number of halogens is 1. The van der Waals surface area contributed by atoms with E-state index in [0.29, 0.717) is 40.0 Å². The van der Waals surface area contributed by atoms with Crippen molar-refractivity contribution in [1.29, 1.82) is 0 Å². The van der Waals surface area contributed by atoms with Crippen LogP contribution in [-0.4, -0.2) is 23.6 Å². The van der Waals surface area contributed by atoms with Crippen LogP contribution in [0.3, 0.4) is 0 Å². The number of nitro benzene ring substituents is 1. The third-order valence-corrected chi connectivity index (χ3v) is 8.42. The zero-order valence-electron chi connectivity index (χ0n) is 23.4. The lowest BCUT2D eigenvalue weighted by atomic mass is 9.64. The summed E-state index contributed by atoms with van der Waals surface area (Å²) in [5, 5.41) is 14.5. The maximum Gasteiger partial charge on any atom is 0.269 e. The van der Waals surface area contributed by atoms with Gasteiger partial charge in [-0.15, -0.1) is 0 Å². The van der Waals surface area contributed by atoms with Crippen molar-refractivity contribution in [3.05, 3.63) is 84.7 Å². The Morgan fingerprint density at radius 3 is 2.00 bits per heavy atom. The van der Waals surface area contributed by atoms with E-state index in [1.165, 1.54) is 12.1 Å². The van der Waals surface area contributed by atoms with Crippen molar-refractivity contribution in [1.82, 2.24) is 5.32 Å². The molecule has 5 rings (SSSR count). The molecule has 9 heteroatoms. The van der Waals surface area contributed by atoms with Gasteiger partial charge in [0.25, 0.3) is 5.69 Å². The molecule has 0 amide bonds. The van der Waals surface area contributed by atoms with Gasteiger partial charge in [0.15, 0.2) is 23.1 Å². The summed E-state index contributed by atoms with van der Waals surface area (Å²) in [5.41, 5.74) is 4.36. The van der Waals surface area contributed by atoms with Crippen LogP contribution in [0.1, 0.15) is 70.4 Å². The Kier molecular flexibility index (Phi) is 7.15. The number of carbonyl (C=O) groups excluding carboxylic acids is 2.